The average Bonchev–Trinajstić information content (AvgIpc) is 2.98. The Morgan fingerprint density at radius 3 is 2.18 bits per heavy atom. The Morgan fingerprint density at radius 2 is 1.64 bits per heavy atom. The van der Waals surface area contributed by atoms with Crippen LogP contribution in [0.25, 0.3) is 0 Å². The second-order valence-corrected chi connectivity index (χ2v) is 8.38. The van der Waals surface area contributed by atoms with Crippen LogP contribution < -0.4 is 0 Å². The summed E-state index contributed by atoms with van der Waals surface area (Å²) in [7, 11) is -4.14. The average molecular weight is 414 g/mol. The van der Waals surface area contributed by atoms with Gasteiger partial charge >= 0.3 is 17.9 Å². The van der Waals surface area contributed by atoms with Crippen molar-refractivity contribution in [2.24, 2.45) is 0 Å². The topological polar surface area (TPSA) is 122 Å². The molecule has 1 aliphatic heterocycles. The summed E-state index contributed by atoms with van der Waals surface area (Å²) in [5, 5.41) is 0. The molecule has 0 aromatic heterocycles. The van der Waals surface area contributed by atoms with Crippen LogP contribution in [-0.2, 0) is 43.2 Å². The molecule has 0 radical (unpaired) electrons. The fourth-order valence-electron chi connectivity index (χ4n) is 2.98. The predicted octanol–water partition coefficient (Wildman–Crippen LogP) is 1.00. The van der Waals surface area contributed by atoms with E-state index >= 15 is 0 Å². The van der Waals surface area contributed by atoms with E-state index < -0.39 is 51.5 Å². The number of rotatable bonds is 7. The second-order valence-electron chi connectivity index (χ2n) is 6.39. The molecular weight excluding hydrogens is 392 g/mol. The van der Waals surface area contributed by atoms with E-state index in [1.165, 1.54) is 31.2 Å². The van der Waals surface area contributed by atoms with Crippen molar-refractivity contribution in [2.75, 3.05) is 13.2 Å². The molecule has 1 unspecified atom stereocenters. The van der Waals surface area contributed by atoms with Gasteiger partial charge in [0.15, 0.2) is 5.60 Å². The highest BCUT2D eigenvalue weighted by molar-refractivity contribution is 7.92. The van der Waals surface area contributed by atoms with E-state index in [1.807, 2.05) is 0 Å². The van der Waals surface area contributed by atoms with Gasteiger partial charge in [-0.1, -0.05) is 18.2 Å². The summed E-state index contributed by atoms with van der Waals surface area (Å²) in [6.45, 7) is 2.70. The molecule has 1 aromatic carbocycles. The molecule has 0 N–H and O–H groups in total. The summed E-state index contributed by atoms with van der Waals surface area (Å²) in [5.74, 6) is -2.01. The van der Waals surface area contributed by atoms with Gasteiger partial charge in [0.2, 0.25) is 15.3 Å². The molecule has 1 aromatic rings. The molecule has 2 rings (SSSR count). The number of hydrogen-bond acceptors (Lipinski definition) is 9. The molecule has 1 fully saturated rings. The highest BCUT2D eigenvalue weighted by atomic mass is 32.2. The van der Waals surface area contributed by atoms with Gasteiger partial charge in [-0.15, -0.1) is 0 Å². The van der Waals surface area contributed by atoms with Crippen LogP contribution in [-0.4, -0.2) is 56.7 Å². The van der Waals surface area contributed by atoms with Gasteiger partial charge in [-0.05, 0) is 12.1 Å². The van der Waals surface area contributed by atoms with Gasteiger partial charge in [0.25, 0.3) is 0 Å². The standard InChI is InChI=1S/C18H22O9S/c1-12(19)24-10-15-9-18(27-14(3)21,11-25-13(2)20)17(26-15)28(22,23)16-7-5-4-6-8-16/h4-8,15,17H,9-11H2,1-3H3/t15-,17?,18-/m0/s1. The Hall–Kier alpha value is -2.46. The Balaban J connectivity index is 2.46. The lowest BCUT2D eigenvalue weighted by Crippen LogP contribution is -2.50. The molecule has 0 bridgehead atoms. The lowest BCUT2D eigenvalue weighted by atomic mass is 10.0. The fraction of sp³-hybridized carbons (Fsp3) is 0.500. The number of sulfone groups is 1. The zero-order chi connectivity index (χ0) is 20.9. The Bertz CT molecular complexity index is 834. The molecule has 3 atom stereocenters. The number of carbonyl (C=O) groups is 3. The minimum absolute atomic E-state index is 0.0486. The van der Waals surface area contributed by atoms with Crippen molar-refractivity contribution in [1.29, 1.82) is 0 Å². The van der Waals surface area contributed by atoms with Crippen LogP contribution >= 0.6 is 0 Å². The number of carbonyl (C=O) groups excluding carboxylic acids is 3. The molecule has 154 valence electrons. The van der Waals surface area contributed by atoms with Gasteiger partial charge in [-0.3, -0.25) is 14.4 Å². The predicted molar refractivity (Wildman–Crippen MR) is 94.7 cm³/mol. The molecule has 1 heterocycles. The maximum atomic E-state index is 13.2. The zero-order valence-electron chi connectivity index (χ0n) is 15.7. The quantitative estimate of drug-likeness (QED) is 0.475. The number of esters is 3. The van der Waals surface area contributed by atoms with Crippen LogP contribution in [0.5, 0.6) is 0 Å². The molecule has 0 spiro atoms. The van der Waals surface area contributed by atoms with Crippen molar-refractivity contribution in [3.05, 3.63) is 30.3 Å². The van der Waals surface area contributed by atoms with Crippen molar-refractivity contribution in [3.8, 4) is 0 Å². The lowest BCUT2D eigenvalue weighted by Gasteiger charge is -2.32. The first-order valence-electron chi connectivity index (χ1n) is 8.47. The van der Waals surface area contributed by atoms with Crippen molar-refractivity contribution in [1.82, 2.24) is 0 Å². The molecular formula is C18H22O9S. The molecule has 0 amide bonds. The highest BCUT2D eigenvalue weighted by Crippen LogP contribution is 2.40. The Labute approximate surface area is 162 Å². The fourth-order valence-corrected chi connectivity index (χ4v) is 4.85. The van der Waals surface area contributed by atoms with Gasteiger partial charge < -0.3 is 18.9 Å². The minimum atomic E-state index is -4.14. The van der Waals surface area contributed by atoms with Gasteiger partial charge in [-0.25, -0.2) is 8.42 Å². The zero-order valence-corrected chi connectivity index (χ0v) is 16.6. The molecule has 0 aliphatic carbocycles. The maximum absolute atomic E-state index is 13.2. The molecule has 9 nitrogen and oxygen atoms in total. The molecule has 28 heavy (non-hydrogen) atoms. The van der Waals surface area contributed by atoms with E-state index in [4.69, 9.17) is 18.9 Å². The van der Waals surface area contributed by atoms with Crippen molar-refractivity contribution in [3.63, 3.8) is 0 Å². The molecule has 1 aliphatic rings. The smallest absolute Gasteiger partial charge is 0.303 e. The first kappa shape index (κ1) is 21.8. The van der Waals surface area contributed by atoms with E-state index in [0.717, 1.165) is 13.8 Å². The summed E-state index contributed by atoms with van der Waals surface area (Å²) in [4.78, 5) is 34.1. The molecule has 10 heteroatoms. The summed E-state index contributed by atoms with van der Waals surface area (Å²) < 4.78 is 47.3. The minimum Gasteiger partial charge on any atom is -0.463 e. The van der Waals surface area contributed by atoms with Crippen LogP contribution in [0.1, 0.15) is 27.2 Å². The van der Waals surface area contributed by atoms with Gasteiger partial charge in [-0.2, -0.15) is 0 Å². The summed E-state index contributed by atoms with van der Waals surface area (Å²) in [5.41, 5.74) is -3.43. The van der Waals surface area contributed by atoms with E-state index in [2.05, 4.69) is 0 Å². The van der Waals surface area contributed by atoms with Gasteiger partial charge in [0.1, 0.15) is 13.2 Å². The molecule has 1 saturated heterocycles. The number of hydrogen-bond donors (Lipinski definition) is 0. The number of ether oxygens (including phenoxy) is 4. The largest absolute Gasteiger partial charge is 0.463 e. The third-order valence-electron chi connectivity index (χ3n) is 4.01. The van der Waals surface area contributed by atoms with E-state index in [1.54, 1.807) is 6.07 Å². The second kappa shape index (κ2) is 8.70. The van der Waals surface area contributed by atoms with Crippen LogP contribution in [0, 0.1) is 0 Å². The lowest BCUT2D eigenvalue weighted by molar-refractivity contribution is -0.172. The summed E-state index contributed by atoms with van der Waals surface area (Å²) in [6.07, 6.45) is -1.01. The SMILES string of the molecule is CC(=O)OC[C@@H]1C[C@@](COC(C)=O)(OC(C)=O)C(S(=O)(=O)c2ccccc2)O1. The van der Waals surface area contributed by atoms with Crippen LogP contribution in [0.3, 0.4) is 0 Å². The van der Waals surface area contributed by atoms with E-state index in [9.17, 15) is 22.8 Å². The van der Waals surface area contributed by atoms with E-state index in [-0.39, 0.29) is 17.9 Å². The summed E-state index contributed by atoms with van der Waals surface area (Å²) in [6, 6.07) is 7.48. The monoisotopic (exact) mass is 414 g/mol. The third kappa shape index (κ3) is 5.08. The van der Waals surface area contributed by atoms with Crippen LogP contribution in [0.4, 0.5) is 0 Å². The van der Waals surface area contributed by atoms with Gasteiger partial charge in [0.05, 0.1) is 11.0 Å². The Morgan fingerprint density at radius 1 is 1.04 bits per heavy atom. The maximum Gasteiger partial charge on any atom is 0.303 e. The van der Waals surface area contributed by atoms with Crippen molar-refractivity contribution < 1.29 is 41.7 Å². The summed E-state index contributed by atoms with van der Waals surface area (Å²) >= 11 is 0. The highest BCUT2D eigenvalue weighted by Gasteiger charge is 2.59. The van der Waals surface area contributed by atoms with E-state index in [0.29, 0.717) is 0 Å². The first-order valence-corrected chi connectivity index (χ1v) is 10.0. The van der Waals surface area contributed by atoms with Crippen LogP contribution in [0.2, 0.25) is 0 Å². The van der Waals surface area contributed by atoms with Crippen molar-refractivity contribution in [2.45, 2.75) is 49.2 Å². The van der Waals surface area contributed by atoms with Crippen molar-refractivity contribution >= 4 is 27.7 Å². The van der Waals surface area contributed by atoms with Crippen LogP contribution in [0.15, 0.2) is 35.2 Å². The Kier molecular flexibility index (Phi) is 6.78. The normalized spacial score (nSPS) is 24.4. The first-order chi connectivity index (χ1) is 13.1. The number of benzene rings is 1. The third-order valence-corrected chi connectivity index (χ3v) is 6.05. The molecule has 0 saturated carbocycles. The van der Waals surface area contributed by atoms with Gasteiger partial charge in [0, 0.05) is 27.2 Å².